The van der Waals surface area contributed by atoms with Crippen LogP contribution in [0, 0.1) is 20.8 Å². The van der Waals surface area contributed by atoms with Crippen molar-refractivity contribution in [1.82, 2.24) is 10.3 Å². The molecule has 0 saturated carbocycles. The van der Waals surface area contributed by atoms with Gasteiger partial charge in [0.15, 0.2) is 0 Å². The van der Waals surface area contributed by atoms with Crippen molar-refractivity contribution in [1.29, 1.82) is 0 Å². The molecule has 96 valence electrons. The maximum atomic E-state index is 4.68. The fourth-order valence-electron chi connectivity index (χ4n) is 1.83. The number of nitrogens with one attached hydrogen (secondary N) is 1. The lowest BCUT2D eigenvalue weighted by molar-refractivity contribution is 0.731. The first-order valence-corrected chi connectivity index (χ1v) is 7.18. The van der Waals surface area contributed by atoms with Gasteiger partial charge in [-0.2, -0.15) is 0 Å². The van der Waals surface area contributed by atoms with Crippen LogP contribution < -0.4 is 5.32 Å². The van der Waals surface area contributed by atoms with Crippen molar-refractivity contribution in [2.75, 3.05) is 6.54 Å². The third-order valence-corrected chi connectivity index (χ3v) is 4.39. The van der Waals surface area contributed by atoms with Gasteiger partial charge in [-0.3, -0.25) is 0 Å². The summed E-state index contributed by atoms with van der Waals surface area (Å²) >= 11 is 1.79. The Morgan fingerprint density at radius 2 is 1.94 bits per heavy atom. The van der Waals surface area contributed by atoms with Crippen molar-refractivity contribution in [3.8, 4) is 10.6 Å². The topological polar surface area (TPSA) is 24.9 Å². The van der Waals surface area contributed by atoms with E-state index in [2.05, 4.69) is 56.2 Å². The highest BCUT2D eigenvalue weighted by Gasteiger charge is 2.09. The molecule has 0 unspecified atom stereocenters. The molecule has 0 spiro atoms. The number of benzene rings is 1. The Kier molecular flexibility index (Phi) is 4.15. The molecule has 0 amide bonds. The van der Waals surface area contributed by atoms with E-state index >= 15 is 0 Å². The quantitative estimate of drug-likeness (QED) is 0.903. The Bertz CT molecular complexity index is 543. The molecule has 0 fully saturated rings. The van der Waals surface area contributed by atoms with Crippen molar-refractivity contribution in [2.45, 2.75) is 34.2 Å². The Hall–Kier alpha value is -1.19. The molecule has 0 aliphatic carbocycles. The molecule has 0 aliphatic heterocycles. The average molecular weight is 260 g/mol. The van der Waals surface area contributed by atoms with Crippen LogP contribution in [0.25, 0.3) is 10.6 Å². The Labute approximate surface area is 113 Å². The fourth-order valence-corrected chi connectivity index (χ4v) is 2.86. The van der Waals surface area contributed by atoms with Gasteiger partial charge in [0.1, 0.15) is 5.01 Å². The molecule has 2 rings (SSSR count). The number of hydrogen-bond acceptors (Lipinski definition) is 3. The summed E-state index contributed by atoms with van der Waals surface area (Å²) in [5.41, 5.74) is 5.04. The van der Waals surface area contributed by atoms with Crippen LogP contribution in [0.15, 0.2) is 18.2 Å². The van der Waals surface area contributed by atoms with Crippen molar-refractivity contribution in [3.05, 3.63) is 39.9 Å². The maximum Gasteiger partial charge on any atom is 0.123 e. The minimum Gasteiger partial charge on any atom is -0.312 e. The van der Waals surface area contributed by atoms with Gasteiger partial charge in [-0.1, -0.05) is 19.1 Å². The summed E-state index contributed by atoms with van der Waals surface area (Å²) in [6.07, 6.45) is 0. The summed E-state index contributed by atoms with van der Waals surface area (Å²) < 4.78 is 0. The largest absolute Gasteiger partial charge is 0.312 e. The third-order valence-electron chi connectivity index (χ3n) is 3.18. The van der Waals surface area contributed by atoms with Gasteiger partial charge in [-0.05, 0) is 44.5 Å². The Morgan fingerprint density at radius 3 is 2.61 bits per heavy atom. The second-order valence-electron chi connectivity index (χ2n) is 4.61. The predicted octanol–water partition coefficient (Wildman–Crippen LogP) is 3.84. The number of hydrogen-bond donors (Lipinski definition) is 1. The molecular weight excluding hydrogens is 240 g/mol. The molecule has 18 heavy (non-hydrogen) atoms. The summed E-state index contributed by atoms with van der Waals surface area (Å²) in [5, 5.41) is 4.49. The number of nitrogens with zero attached hydrogens (tertiary/aromatic N) is 1. The zero-order chi connectivity index (χ0) is 13.1. The van der Waals surface area contributed by atoms with Gasteiger partial charge in [0, 0.05) is 17.0 Å². The number of rotatable bonds is 4. The molecule has 1 N–H and O–H groups in total. The highest BCUT2D eigenvalue weighted by atomic mass is 32.1. The Balaban J connectivity index is 2.30. The van der Waals surface area contributed by atoms with E-state index in [4.69, 9.17) is 0 Å². The summed E-state index contributed by atoms with van der Waals surface area (Å²) in [6, 6.07) is 6.56. The van der Waals surface area contributed by atoms with Crippen molar-refractivity contribution in [3.63, 3.8) is 0 Å². The van der Waals surface area contributed by atoms with Crippen LogP contribution in [-0.4, -0.2) is 11.5 Å². The highest BCUT2D eigenvalue weighted by Crippen LogP contribution is 2.29. The number of aryl methyl sites for hydroxylation is 3. The van der Waals surface area contributed by atoms with E-state index in [-0.39, 0.29) is 0 Å². The molecule has 0 radical (unpaired) electrons. The van der Waals surface area contributed by atoms with Gasteiger partial charge in [-0.15, -0.1) is 11.3 Å². The van der Waals surface area contributed by atoms with Gasteiger partial charge < -0.3 is 5.32 Å². The second-order valence-corrected chi connectivity index (χ2v) is 5.69. The van der Waals surface area contributed by atoms with Gasteiger partial charge >= 0.3 is 0 Å². The van der Waals surface area contributed by atoms with Crippen molar-refractivity contribution >= 4 is 11.3 Å². The van der Waals surface area contributed by atoms with E-state index in [1.165, 1.54) is 21.6 Å². The van der Waals surface area contributed by atoms with E-state index in [1.54, 1.807) is 11.3 Å². The van der Waals surface area contributed by atoms with Gasteiger partial charge in [0.25, 0.3) is 0 Å². The molecule has 0 bridgehead atoms. The minimum absolute atomic E-state index is 0.921. The standard InChI is InChI=1S/C15H20N2S/c1-5-16-9-14-12(4)17-15(18-14)13-7-6-10(2)11(3)8-13/h6-8,16H,5,9H2,1-4H3. The van der Waals surface area contributed by atoms with Crippen molar-refractivity contribution in [2.24, 2.45) is 0 Å². The molecule has 0 aliphatic rings. The van der Waals surface area contributed by atoms with Crippen LogP contribution >= 0.6 is 11.3 Å². The van der Waals surface area contributed by atoms with Gasteiger partial charge in [0.05, 0.1) is 5.69 Å². The monoisotopic (exact) mass is 260 g/mol. The molecule has 1 aromatic carbocycles. The molecule has 1 heterocycles. The first-order chi connectivity index (χ1) is 8.61. The fraction of sp³-hybridized carbons (Fsp3) is 0.400. The number of thiazole rings is 1. The van der Waals surface area contributed by atoms with Crippen LogP contribution in [0.4, 0.5) is 0 Å². The second kappa shape index (κ2) is 5.63. The Morgan fingerprint density at radius 1 is 1.17 bits per heavy atom. The van der Waals surface area contributed by atoms with Crippen LogP contribution in [0.5, 0.6) is 0 Å². The van der Waals surface area contributed by atoms with E-state index in [0.29, 0.717) is 0 Å². The first-order valence-electron chi connectivity index (χ1n) is 6.36. The molecule has 3 heteroatoms. The average Bonchev–Trinajstić information content (AvgIpc) is 2.72. The van der Waals surface area contributed by atoms with Crippen molar-refractivity contribution < 1.29 is 0 Å². The molecule has 0 saturated heterocycles. The van der Waals surface area contributed by atoms with Gasteiger partial charge in [-0.25, -0.2) is 4.98 Å². The van der Waals surface area contributed by atoms with Crippen LogP contribution in [0.2, 0.25) is 0 Å². The van der Waals surface area contributed by atoms with Gasteiger partial charge in [0.2, 0.25) is 0 Å². The summed E-state index contributed by atoms with van der Waals surface area (Å²) in [7, 11) is 0. The molecule has 2 nitrogen and oxygen atoms in total. The smallest absolute Gasteiger partial charge is 0.123 e. The molecular formula is C15H20N2S. The van der Waals surface area contributed by atoms with Crippen LogP contribution in [0.3, 0.4) is 0 Å². The lowest BCUT2D eigenvalue weighted by Gasteiger charge is -2.02. The summed E-state index contributed by atoms with van der Waals surface area (Å²) in [5.74, 6) is 0. The molecule has 2 aromatic rings. The van der Waals surface area contributed by atoms with E-state index in [1.807, 2.05) is 0 Å². The van der Waals surface area contributed by atoms with Crippen LogP contribution in [0.1, 0.15) is 28.6 Å². The summed E-state index contributed by atoms with van der Waals surface area (Å²) in [4.78, 5) is 6.02. The number of aromatic nitrogens is 1. The SMILES string of the molecule is CCNCc1sc(-c2ccc(C)c(C)c2)nc1C. The van der Waals surface area contributed by atoms with E-state index < -0.39 is 0 Å². The lowest BCUT2D eigenvalue weighted by atomic mass is 10.1. The van der Waals surface area contributed by atoms with Crippen LogP contribution in [-0.2, 0) is 6.54 Å². The zero-order valence-corrected chi connectivity index (χ0v) is 12.3. The minimum atomic E-state index is 0.921. The first kappa shape index (κ1) is 13.2. The zero-order valence-electron chi connectivity index (χ0n) is 11.5. The highest BCUT2D eigenvalue weighted by molar-refractivity contribution is 7.15. The maximum absolute atomic E-state index is 4.68. The molecule has 1 aromatic heterocycles. The van der Waals surface area contributed by atoms with E-state index in [0.717, 1.165) is 23.8 Å². The molecule has 0 atom stereocenters. The summed E-state index contributed by atoms with van der Waals surface area (Å²) in [6.45, 7) is 10.4. The van der Waals surface area contributed by atoms with E-state index in [9.17, 15) is 0 Å². The lowest BCUT2D eigenvalue weighted by Crippen LogP contribution is -2.11. The third kappa shape index (κ3) is 2.79. The normalized spacial score (nSPS) is 10.9. The predicted molar refractivity (Wildman–Crippen MR) is 79.1 cm³/mol.